The Morgan fingerprint density at radius 2 is 2.00 bits per heavy atom. The highest BCUT2D eigenvalue weighted by molar-refractivity contribution is 6.00. The number of H-pyrrole nitrogens is 2. The predicted octanol–water partition coefficient (Wildman–Crippen LogP) is 3.55. The van der Waals surface area contributed by atoms with Crippen LogP contribution in [0.25, 0.3) is 33.3 Å². The molecule has 0 saturated heterocycles. The summed E-state index contributed by atoms with van der Waals surface area (Å²) in [6, 6.07) is 9.22. The van der Waals surface area contributed by atoms with Gasteiger partial charge in [0.15, 0.2) is 5.65 Å². The molecule has 0 spiro atoms. The lowest BCUT2D eigenvalue weighted by Gasteiger charge is -2.29. The van der Waals surface area contributed by atoms with Crippen molar-refractivity contribution in [1.29, 1.82) is 0 Å². The largest absolute Gasteiger partial charge is 0.394 e. The number of aromatic nitrogens is 4. The van der Waals surface area contributed by atoms with Crippen LogP contribution in [0.1, 0.15) is 37.0 Å². The van der Waals surface area contributed by atoms with Crippen molar-refractivity contribution in [1.82, 2.24) is 25.3 Å². The van der Waals surface area contributed by atoms with Crippen molar-refractivity contribution < 1.29 is 9.90 Å². The molecule has 4 aromatic rings. The number of aryl methyl sites for hydroxylation is 1. The van der Waals surface area contributed by atoms with Crippen LogP contribution in [-0.2, 0) is 0 Å². The van der Waals surface area contributed by atoms with Crippen LogP contribution in [0.2, 0.25) is 0 Å². The molecular formula is C22H25N5O2. The van der Waals surface area contributed by atoms with Crippen molar-refractivity contribution in [3.05, 3.63) is 47.9 Å². The number of aliphatic hydroxyl groups is 1. The average Bonchev–Trinajstić information content (AvgIpc) is 3.26. The van der Waals surface area contributed by atoms with Crippen LogP contribution < -0.4 is 5.32 Å². The second-order valence-electron chi connectivity index (χ2n) is 8.44. The molecule has 0 radical (unpaired) electrons. The number of nitrogens with zero attached hydrogens (tertiary/aromatic N) is 2. The number of pyridine rings is 1. The second kappa shape index (κ2) is 7.00. The molecule has 1 aromatic carbocycles. The van der Waals surface area contributed by atoms with E-state index in [1.54, 1.807) is 12.3 Å². The maximum absolute atomic E-state index is 12.7. The van der Waals surface area contributed by atoms with Crippen LogP contribution >= 0.6 is 0 Å². The van der Waals surface area contributed by atoms with Gasteiger partial charge in [-0.1, -0.05) is 26.8 Å². The Kier molecular flexibility index (Phi) is 4.62. The smallest absolute Gasteiger partial charge is 0.251 e. The normalized spacial score (nSPS) is 13.1. The highest BCUT2D eigenvalue weighted by atomic mass is 16.3. The van der Waals surface area contributed by atoms with Gasteiger partial charge in [-0.3, -0.25) is 4.79 Å². The van der Waals surface area contributed by atoms with Gasteiger partial charge < -0.3 is 20.4 Å². The van der Waals surface area contributed by atoms with E-state index in [2.05, 4.69) is 25.3 Å². The molecule has 29 heavy (non-hydrogen) atoms. The Morgan fingerprint density at radius 3 is 2.72 bits per heavy atom. The molecule has 1 atom stereocenters. The minimum atomic E-state index is -0.321. The number of aromatic amines is 2. The molecule has 0 aliphatic heterocycles. The maximum Gasteiger partial charge on any atom is 0.251 e. The molecule has 3 heterocycles. The van der Waals surface area contributed by atoms with Crippen molar-refractivity contribution in [2.24, 2.45) is 5.41 Å². The van der Waals surface area contributed by atoms with Gasteiger partial charge >= 0.3 is 0 Å². The van der Waals surface area contributed by atoms with Gasteiger partial charge in [0.1, 0.15) is 5.82 Å². The summed E-state index contributed by atoms with van der Waals surface area (Å²) in [6.07, 6.45) is 1.74. The Balaban J connectivity index is 1.68. The summed E-state index contributed by atoms with van der Waals surface area (Å²) in [5.41, 5.74) is 4.64. The first kappa shape index (κ1) is 19.1. The molecule has 0 aliphatic carbocycles. The van der Waals surface area contributed by atoms with E-state index in [1.807, 2.05) is 52.0 Å². The lowest BCUT2D eigenvalue weighted by atomic mass is 9.87. The molecule has 0 fully saturated rings. The fraction of sp³-hybridized carbons (Fsp3) is 0.318. The highest BCUT2D eigenvalue weighted by Crippen LogP contribution is 2.29. The van der Waals surface area contributed by atoms with E-state index in [0.717, 1.165) is 33.5 Å². The van der Waals surface area contributed by atoms with Crippen LogP contribution in [0.5, 0.6) is 0 Å². The summed E-state index contributed by atoms with van der Waals surface area (Å²) in [5.74, 6) is 0.611. The zero-order valence-corrected chi connectivity index (χ0v) is 17.0. The van der Waals surface area contributed by atoms with Gasteiger partial charge in [-0.05, 0) is 36.6 Å². The van der Waals surface area contributed by atoms with Crippen molar-refractivity contribution in [2.45, 2.75) is 33.7 Å². The quantitative estimate of drug-likeness (QED) is 0.427. The van der Waals surface area contributed by atoms with E-state index in [1.165, 1.54) is 0 Å². The third kappa shape index (κ3) is 3.61. The lowest BCUT2D eigenvalue weighted by molar-refractivity contribution is 0.0848. The van der Waals surface area contributed by atoms with Crippen molar-refractivity contribution in [2.75, 3.05) is 6.61 Å². The minimum Gasteiger partial charge on any atom is -0.394 e. The first-order valence-electron chi connectivity index (χ1n) is 9.62. The van der Waals surface area contributed by atoms with Crippen molar-refractivity contribution in [3.8, 4) is 11.3 Å². The number of hydrogen-bond acceptors (Lipinski definition) is 4. The molecule has 1 amide bonds. The lowest BCUT2D eigenvalue weighted by Crippen LogP contribution is -2.46. The van der Waals surface area contributed by atoms with Crippen LogP contribution in [0.3, 0.4) is 0 Å². The third-order valence-corrected chi connectivity index (χ3v) is 5.22. The first-order valence-corrected chi connectivity index (χ1v) is 9.62. The van der Waals surface area contributed by atoms with Crippen LogP contribution in [0.15, 0.2) is 36.5 Å². The van der Waals surface area contributed by atoms with Crippen LogP contribution in [0, 0.1) is 12.3 Å². The third-order valence-electron chi connectivity index (χ3n) is 5.22. The average molecular weight is 391 g/mol. The molecule has 4 N–H and O–H groups in total. The van der Waals surface area contributed by atoms with E-state index < -0.39 is 0 Å². The Hall–Kier alpha value is -3.19. The number of carbonyl (C=O) groups is 1. The van der Waals surface area contributed by atoms with Gasteiger partial charge in [-0.25, -0.2) is 9.97 Å². The Morgan fingerprint density at radius 1 is 1.21 bits per heavy atom. The summed E-state index contributed by atoms with van der Waals surface area (Å²) < 4.78 is 0. The molecule has 4 rings (SSSR count). The summed E-state index contributed by atoms with van der Waals surface area (Å²) in [7, 11) is 0. The predicted molar refractivity (Wildman–Crippen MR) is 114 cm³/mol. The van der Waals surface area contributed by atoms with E-state index in [0.29, 0.717) is 11.2 Å². The Labute approximate surface area is 168 Å². The SMILES string of the molecule is Cc1nc2nccc(-c3cc4ccc(C(=O)N[C@H](CO)C(C)(C)C)cc4[nH]3)c2[nH]1. The number of amides is 1. The van der Waals surface area contributed by atoms with Crippen molar-refractivity contribution >= 4 is 28.0 Å². The van der Waals surface area contributed by atoms with Gasteiger partial charge in [-0.2, -0.15) is 0 Å². The standard InChI is InChI=1S/C22H25N5O2/c1-12-24-19-15(7-8-23-20(19)25-12)17-9-13-5-6-14(10-16(13)26-17)21(29)27-18(11-28)22(2,3)4/h5-10,18,26,28H,11H2,1-4H3,(H,27,29)(H,23,24,25)/t18-/m1/s1. The van der Waals surface area contributed by atoms with E-state index in [4.69, 9.17) is 0 Å². The van der Waals surface area contributed by atoms with Gasteiger partial charge in [0, 0.05) is 33.9 Å². The molecule has 150 valence electrons. The number of rotatable bonds is 4. The molecule has 7 nitrogen and oxygen atoms in total. The van der Waals surface area contributed by atoms with Crippen molar-refractivity contribution in [3.63, 3.8) is 0 Å². The monoisotopic (exact) mass is 391 g/mol. The van der Waals surface area contributed by atoms with Gasteiger partial charge in [0.05, 0.1) is 18.2 Å². The molecule has 3 aromatic heterocycles. The number of fused-ring (bicyclic) bond motifs is 2. The van der Waals surface area contributed by atoms with E-state index in [9.17, 15) is 9.90 Å². The number of hydrogen-bond donors (Lipinski definition) is 4. The van der Waals surface area contributed by atoms with Gasteiger partial charge in [0.25, 0.3) is 5.91 Å². The molecule has 0 unspecified atom stereocenters. The number of carbonyl (C=O) groups excluding carboxylic acids is 1. The second-order valence-corrected chi connectivity index (χ2v) is 8.44. The fourth-order valence-corrected chi connectivity index (χ4v) is 3.44. The molecule has 0 aliphatic rings. The fourth-order valence-electron chi connectivity index (χ4n) is 3.44. The molecule has 0 bridgehead atoms. The summed E-state index contributed by atoms with van der Waals surface area (Å²) in [5, 5.41) is 13.5. The first-order chi connectivity index (χ1) is 13.8. The highest BCUT2D eigenvalue weighted by Gasteiger charge is 2.26. The summed E-state index contributed by atoms with van der Waals surface area (Å²) in [4.78, 5) is 28.1. The van der Waals surface area contributed by atoms with E-state index >= 15 is 0 Å². The van der Waals surface area contributed by atoms with E-state index in [-0.39, 0.29) is 24.0 Å². The molecular weight excluding hydrogens is 366 g/mol. The zero-order valence-electron chi connectivity index (χ0n) is 17.0. The summed E-state index contributed by atoms with van der Waals surface area (Å²) in [6.45, 7) is 7.76. The van der Waals surface area contributed by atoms with Crippen LogP contribution in [0.4, 0.5) is 0 Å². The molecule has 0 saturated carbocycles. The minimum absolute atomic E-state index is 0.105. The zero-order chi connectivity index (χ0) is 20.8. The van der Waals surface area contributed by atoms with Gasteiger partial charge in [-0.15, -0.1) is 0 Å². The number of nitrogens with one attached hydrogen (secondary N) is 3. The molecule has 7 heteroatoms. The summed E-state index contributed by atoms with van der Waals surface area (Å²) >= 11 is 0. The van der Waals surface area contributed by atoms with Gasteiger partial charge in [0.2, 0.25) is 0 Å². The number of benzene rings is 1. The maximum atomic E-state index is 12.7. The number of aliphatic hydroxyl groups excluding tert-OH is 1. The topological polar surface area (TPSA) is 107 Å². The Bertz CT molecular complexity index is 1200. The number of imidazole rings is 1. The van der Waals surface area contributed by atoms with Crippen LogP contribution in [-0.4, -0.2) is 43.6 Å².